The molecule has 1 N–H and O–H groups in total. The van der Waals surface area contributed by atoms with Gasteiger partial charge >= 0.3 is 0 Å². The van der Waals surface area contributed by atoms with Gasteiger partial charge in [0.25, 0.3) is 5.91 Å². The molecule has 0 aliphatic heterocycles. The maximum Gasteiger partial charge on any atom is 0.273 e. The first-order chi connectivity index (χ1) is 15.1. The monoisotopic (exact) mass is 441 g/mol. The second-order valence-corrected chi connectivity index (χ2v) is 8.01. The molecule has 0 saturated carbocycles. The zero-order chi connectivity index (χ0) is 21.6. The number of nitrogens with zero attached hydrogens (tertiary/aromatic N) is 4. The maximum atomic E-state index is 12.4. The molecular formula is C21H23N5O4S. The van der Waals surface area contributed by atoms with E-state index in [1.54, 1.807) is 18.5 Å². The molecule has 4 aromatic heterocycles. The predicted octanol–water partition coefficient (Wildman–Crippen LogP) is 3.82. The van der Waals surface area contributed by atoms with E-state index >= 15 is 0 Å². The van der Waals surface area contributed by atoms with E-state index in [2.05, 4.69) is 25.3 Å². The molecule has 0 fully saturated rings. The Morgan fingerprint density at radius 3 is 2.42 bits per heavy atom. The number of carbonyl (C=O) groups excluding carboxylic acids is 1. The van der Waals surface area contributed by atoms with E-state index in [1.807, 2.05) is 31.4 Å². The average molecular weight is 442 g/mol. The van der Waals surface area contributed by atoms with Crippen molar-refractivity contribution in [3.8, 4) is 10.6 Å². The van der Waals surface area contributed by atoms with Crippen LogP contribution < -0.4 is 5.32 Å². The van der Waals surface area contributed by atoms with Gasteiger partial charge in [0.2, 0.25) is 0 Å². The lowest BCUT2D eigenvalue weighted by Crippen LogP contribution is -2.29. The van der Waals surface area contributed by atoms with Gasteiger partial charge in [0.1, 0.15) is 11.5 Å². The molecule has 4 aromatic rings. The van der Waals surface area contributed by atoms with Crippen molar-refractivity contribution in [3.05, 3.63) is 65.0 Å². The average Bonchev–Trinajstić information content (AvgIpc) is 3.53. The summed E-state index contributed by atoms with van der Waals surface area (Å²) < 4.78 is 16.5. The molecular weight excluding hydrogens is 418 g/mol. The summed E-state index contributed by atoms with van der Waals surface area (Å²) in [5, 5.41) is 8.71. The molecule has 10 heteroatoms. The minimum absolute atomic E-state index is 0.255. The Kier molecular flexibility index (Phi) is 6.58. The second kappa shape index (κ2) is 9.71. The normalized spacial score (nSPS) is 11.3. The summed E-state index contributed by atoms with van der Waals surface area (Å²) in [5.74, 6) is 3.16. The lowest BCUT2D eigenvalue weighted by Gasteiger charge is -2.19. The van der Waals surface area contributed by atoms with E-state index in [9.17, 15) is 4.79 Å². The highest BCUT2D eigenvalue weighted by Gasteiger charge is 2.15. The highest BCUT2D eigenvalue weighted by atomic mass is 32.1. The van der Waals surface area contributed by atoms with E-state index in [4.69, 9.17) is 13.4 Å². The summed E-state index contributed by atoms with van der Waals surface area (Å²) in [6.45, 7) is 6.03. The predicted molar refractivity (Wildman–Crippen MR) is 113 cm³/mol. The van der Waals surface area contributed by atoms with E-state index in [0.717, 1.165) is 29.4 Å². The van der Waals surface area contributed by atoms with Crippen molar-refractivity contribution >= 4 is 17.2 Å². The number of thiophene rings is 1. The standard InChI is InChI=1S/C21H23N5O4S/c1-14-23-10-16(28-14)12-26(13-17-11-24-15(2)29-17)7-4-6-22-21(27)18-9-19(30-25-18)20-5-3-8-31-20/h3,5,8-11H,4,6-7,12-13H2,1-2H3,(H,22,27). The first-order valence-corrected chi connectivity index (χ1v) is 10.8. The number of carbonyl (C=O) groups is 1. The minimum atomic E-state index is -0.255. The molecule has 1 amide bonds. The van der Waals surface area contributed by atoms with E-state index in [-0.39, 0.29) is 11.6 Å². The van der Waals surface area contributed by atoms with Crippen LogP contribution in [-0.2, 0) is 13.1 Å². The van der Waals surface area contributed by atoms with Crippen molar-refractivity contribution < 1.29 is 18.2 Å². The van der Waals surface area contributed by atoms with Crippen molar-refractivity contribution in [2.24, 2.45) is 0 Å². The van der Waals surface area contributed by atoms with Gasteiger partial charge in [0, 0.05) is 33.0 Å². The Hall–Kier alpha value is -3.24. The number of oxazole rings is 2. The highest BCUT2D eigenvalue weighted by molar-refractivity contribution is 7.13. The van der Waals surface area contributed by atoms with Gasteiger partial charge in [-0.15, -0.1) is 11.3 Å². The van der Waals surface area contributed by atoms with Gasteiger partial charge in [-0.1, -0.05) is 11.2 Å². The van der Waals surface area contributed by atoms with E-state index in [0.29, 0.717) is 37.2 Å². The number of hydrogen-bond donors (Lipinski definition) is 1. The number of aryl methyl sites for hydroxylation is 2. The molecule has 0 radical (unpaired) electrons. The fourth-order valence-corrected chi connectivity index (χ4v) is 3.80. The van der Waals surface area contributed by atoms with Crippen molar-refractivity contribution in [2.45, 2.75) is 33.4 Å². The molecule has 0 aliphatic carbocycles. The van der Waals surface area contributed by atoms with Crippen LogP contribution in [0.5, 0.6) is 0 Å². The van der Waals surface area contributed by atoms with Crippen LogP contribution in [0.1, 0.15) is 40.2 Å². The van der Waals surface area contributed by atoms with Gasteiger partial charge in [0.05, 0.1) is 30.4 Å². The van der Waals surface area contributed by atoms with Crippen molar-refractivity contribution in [1.29, 1.82) is 0 Å². The van der Waals surface area contributed by atoms with Crippen LogP contribution >= 0.6 is 11.3 Å². The Bertz CT molecular complexity index is 1070. The summed E-state index contributed by atoms with van der Waals surface area (Å²) in [6, 6.07) is 5.51. The van der Waals surface area contributed by atoms with Crippen LogP contribution in [0.15, 0.2) is 49.3 Å². The fraction of sp³-hybridized carbons (Fsp3) is 0.333. The van der Waals surface area contributed by atoms with Crippen LogP contribution in [0.25, 0.3) is 10.6 Å². The van der Waals surface area contributed by atoms with Gasteiger partial charge in [-0.25, -0.2) is 9.97 Å². The van der Waals surface area contributed by atoms with Crippen molar-refractivity contribution in [2.75, 3.05) is 13.1 Å². The maximum absolute atomic E-state index is 12.4. The molecule has 4 heterocycles. The Morgan fingerprint density at radius 2 is 1.84 bits per heavy atom. The molecule has 4 rings (SSSR count). The SMILES string of the molecule is Cc1ncc(CN(CCCNC(=O)c2cc(-c3cccs3)on2)Cc2cnc(C)o2)o1. The first-order valence-electron chi connectivity index (χ1n) is 9.90. The Labute approximate surface area is 183 Å². The fourth-order valence-electron chi connectivity index (χ4n) is 3.12. The van der Waals surface area contributed by atoms with Crippen LogP contribution in [0.2, 0.25) is 0 Å². The van der Waals surface area contributed by atoms with E-state index < -0.39 is 0 Å². The zero-order valence-corrected chi connectivity index (χ0v) is 18.1. The molecule has 162 valence electrons. The summed E-state index contributed by atoms with van der Waals surface area (Å²) in [7, 11) is 0. The minimum Gasteiger partial charge on any atom is -0.445 e. The van der Waals surface area contributed by atoms with Gasteiger partial charge in [-0.05, 0) is 17.9 Å². The molecule has 0 saturated heterocycles. The highest BCUT2D eigenvalue weighted by Crippen LogP contribution is 2.25. The number of rotatable bonds is 10. The third-order valence-electron chi connectivity index (χ3n) is 4.54. The van der Waals surface area contributed by atoms with Crippen molar-refractivity contribution in [1.82, 2.24) is 25.3 Å². The van der Waals surface area contributed by atoms with Crippen molar-refractivity contribution in [3.63, 3.8) is 0 Å². The van der Waals surface area contributed by atoms with Crippen LogP contribution in [0, 0.1) is 13.8 Å². The van der Waals surface area contributed by atoms with Crippen LogP contribution in [0.3, 0.4) is 0 Å². The summed E-state index contributed by atoms with van der Waals surface area (Å²) >= 11 is 1.53. The molecule has 0 bridgehead atoms. The first kappa shape index (κ1) is 21.0. The topological polar surface area (TPSA) is 110 Å². The molecule has 31 heavy (non-hydrogen) atoms. The number of aromatic nitrogens is 3. The Balaban J connectivity index is 1.29. The number of amides is 1. The van der Waals surface area contributed by atoms with Crippen LogP contribution in [0.4, 0.5) is 0 Å². The quantitative estimate of drug-likeness (QED) is 0.370. The van der Waals surface area contributed by atoms with Gasteiger partial charge in [-0.2, -0.15) is 0 Å². The third kappa shape index (κ3) is 5.68. The van der Waals surface area contributed by atoms with Gasteiger partial charge < -0.3 is 18.7 Å². The molecule has 0 aliphatic rings. The lowest BCUT2D eigenvalue weighted by molar-refractivity contribution is 0.0941. The molecule has 0 aromatic carbocycles. The van der Waals surface area contributed by atoms with E-state index in [1.165, 1.54) is 11.3 Å². The number of hydrogen-bond acceptors (Lipinski definition) is 9. The second-order valence-electron chi connectivity index (χ2n) is 7.06. The molecule has 0 atom stereocenters. The molecule has 0 spiro atoms. The lowest BCUT2D eigenvalue weighted by atomic mass is 10.3. The van der Waals surface area contributed by atoms with Gasteiger partial charge in [0.15, 0.2) is 23.2 Å². The van der Waals surface area contributed by atoms with Crippen LogP contribution in [-0.4, -0.2) is 39.0 Å². The zero-order valence-electron chi connectivity index (χ0n) is 17.3. The largest absolute Gasteiger partial charge is 0.445 e. The molecule has 9 nitrogen and oxygen atoms in total. The third-order valence-corrected chi connectivity index (χ3v) is 5.43. The molecule has 0 unspecified atom stereocenters. The Morgan fingerprint density at radius 1 is 1.13 bits per heavy atom. The summed E-state index contributed by atoms with van der Waals surface area (Å²) in [6.07, 6.45) is 4.19. The van der Waals surface area contributed by atoms with Gasteiger partial charge in [-0.3, -0.25) is 9.69 Å². The summed E-state index contributed by atoms with van der Waals surface area (Å²) in [4.78, 5) is 23.8. The number of nitrogens with one attached hydrogen (secondary N) is 1. The smallest absolute Gasteiger partial charge is 0.273 e. The summed E-state index contributed by atoms with van der Waals surface area (Å²) in [5.41, 5.74) is 0.273.